The summed E-state index contributed by atoms with van der Waals surface area (Å²) in [6.07, 6.45) is 1.99. The Kier molecular flexibility index (Phi) is 3.95. The molecule has 0 aromatic carbocycles. The molecule has 0 N–H and O–H groups in total. The van der Waals surface area contributed by atoms with Gasteiger partial charge in [0.1, 0.15) is 0 Å². The Labute approximate surface area is 64.5 Å². The van der Waals surface area contributed by atoms with Crippen molar-refractivity contribution >= 4 is 0 Å². The Morgan fingerprint density at radius 1 is 1.30 bits per heavy atom. The summed E-state index contributed by atoms with van der Waals surface area (Å²) >= 11 is 0. The van der Waals surface area contributed by atoms with E-state index in [9.17, 15) is 5.11 Å². The van der Waals surface area contributed by atoms with Crippen molar-refractivity contribution in [2.75, 3.05) is 6.61 Å². The van der Waals surface area contributed by atoms with Crippen molar-refractivity contribution in [3.05, 3.63) is 0 Å². The average molecular weight is 143 g/mol. The molecule has 0 saturated carbocycles. The molecule has 1 radical (unpaired) electrons. The van der Waals surface area contributed by atoms with Gasteiger partial charge in [-0.25, -0.2) is 5.11 Å². The second kappa shape index (κ2) is 3.97. The van der Waals surface area contributed by atoms with E-state index in [-0.39, 0.29) is 6.61 Å². The van der Waals surface area contributed by atoms with Gasteiger partial charge in [0.25, 0.3) is 0 Å². The van der Waals surface area contributed by atoms with E-state index >= 15 is 0 Å². The molecule has 0 heterocycles. The van der Waals surface area contributed by atoms with Crippen molar-refractivity contribution in [3.8, 4) is 0 Å². The van der Waals surface area contributed by atoms with Crippen molar-refractivity contribution in [1.82, 2.24) is 0 Å². The van der Waals surface area contributed by atoms with Gasteiger partial charge in [-0.15, -0.1) is 0 Å². The molecule has 61 valence electrons. The molecule has 1 unspecified atom stereocenters. The van der Waals surface area contributed by atoms with Crippen molar-refractivity contribution in [3.63, 3.8) is 0 Å². The van der Waals surface area contributed by atoms with Crippen LogP contribution in [0.4, 0.5) is 0 Å². The molecule has 0 rings (SSSR count). The fourth-order valence-electron chi connectivity index (χ4n) is 1.35. The van der Waals surface area contributed by atoms with E-state index in [1.807, 2.05) is 0 Å². The number of rotatable bonds is 3. The Morgan fingerprint density at radius 3 is 2.10 bits per heavy atom. The number of hydrogen-bond donors (Lipinski definition) is 0. The lowest BCUT2D eigenvalue weighted by Gasteiger charge is -2.22. The van der Waals surface area contributed by atoms with Gasteiger partial charge in [-0.2, -0.15) is 0 Å². The SMILES string of the molecule is CC(CC[O])CC(C)(C)C. The van der Waals surface area contributed by atoms with Crippen LogP contribution in [-0.2, 0) is 5.11 Å². The van der Waals surface area contributed by atoms with E-state index < -0.39 is 0 Å². The van der Waals surface area contributed by atoms with Crippen LogP contribution in [0.25, 0.3) is 0 Å². The fourth-order valence-corrected chi connectivity index (χ4v) is 1.35. The Bertz CT molecular complexity index is 81.2. The van der Waals surface area contributed by atoms with E-state index in [1.54, 1.807) is 0 Å². The van der Waals surface area contributed by atoms with Crippen LogP contribution in [0.5, 0.6) is 0 Å². The predicted octanol–water partition coefficient (Wildman–Crippen LogP) is 2.88. The monoisotopic (exact) mass is 143 g/mol. The van der Waals surface area contributed by atoms with Gasteiger partial charge in [-0.05, 0) is 24.2 Å². The molecule has 0 amide bonds. The molecule has 0 saturated heterocycles. The van der Waals surface area contributed by atoms with Crippen LogP contribution in [-0.4, -0.2) is 6.61 Å². The summed E-state index contributed by atoms with van der Waals surface area (Å²) in [6.45, 7) is 8.89. The first-order chi connectivity index (χ1) is 4.45. The predicted molar refractivity (Wildman–Crippen MR) is 43.4 cm³/mol. The summed E-state index contributed by atoms with van der Waals surface area (Å²) in [5.41, 5.74) is 0.384. The van der Waals surface area contributed by atoms with Gasteiger partial charge in [0.2, 0.25) is 0 Å². The van der Waals surface area contributed by atoms with Crippen molar-refractivity contribution < 1.29 is 5.11 Å². The van der Waals surface area contributed by atoms with E-state index in [4.69, 9.17) is 0 Å². The molecule has 0 aromatic heterocycles. The standard InChI is InChI=1S/C9H19O/c1-8(5-6-10)7-9(2,3)4/h8H,5-7H2,1-4H3. The van der Waals surface area contributed by atoms with Crippen LogP contribution < -0.4 is 0 Å². The van der Waals surface area contributed by atoms with Crippen molar-refractivity contribution in [2.45, 2.75) is 40.5 Å². The zero-order chi connectivity index (χ0) is 8.20. The highest BCUT2D eigenvalue weighted by atomic mass is 16.3. The summed E-state index contributed by atoms with van der Waals surface area (Å²) < 4.78 is 0. The van der Waals surface area contributed by atoms with Gasteiger partial charge >= 0.3 is 0 Å². The molecular weight excluding hydrogens is 124 g/mol. The molecule has 0 bridgehead atoms. The lowest BCUT2D eigenvalue weighted by Crippen LogP contribution is -2.11. The molecule has 0 aliphatic rings. The molecule has 10 heavy (non-hydrogen) atoms. The fraction of sp³-hybridized carbons (Fsp3) is 1.00. The maximum atomic E-state index is 10.2. The molecule has 0 aliphatic heterocycles. The van der Waals surface area contributed by atoms with Crippen LogP contribution >= 0.6 is 0 Å². The molecule has 0 aromatic rings. The van der Waals surface area contributed by atoms with E-state index in [1.165, 1.54) is 0 Å². The van der Waals surface area contributed by atoms with Crippen LogP contribution in [0, 0.1) is 11.3 Å². The van der Waals surface area contributed by atoms with Gasteiger partial charge in [-0.3, -0.25) is 0 Å². The van der Waals surface area contributed by atoms with Crippen LogP contribution in [0.15, 0.2) is 0 Å². The third kappa shape index (κ3) is 6.09. The van der Waals surface area contributed by atoms with Gasteiger partial charge in [-0.1, -0.05) is 27.7 Å². The first-order valence-electron chi connectivity index (χ1n) is 4.04. The third-order valence-corrected chi connectivity index (χ3v) is 1.57. The minimum Gasteiger partial charge on any atom is -0.237 e. The van der Waals surface area contributed by atoms with E-state index in [2.05, 4.69) is 27.7 Å². The molecular formula is C9H19O. The maximum absolute atomic E-state index is 10.2. The van der Waals surface area contributed by atoms with Crippen LogP contribution in [0.2, 0.25) is 0 Å². The minimum atomic E-state index is 0.0806. The summed E-state index contributed by atoms with van der Waals surface area (Å²) in [6, 6.07) is 0. The number of hydrogen-bond acceptors (Lipinski definition) is 0. The lowest BCUT2D eigenvalue weighted by atomic mass is 9.84. The van der Waals surface area contributed by atoms with Gasteiger partial charge in [0.15, 0.2) is 0 Å². The zero-order valence-corrected chi connectivity index (χ0v) is 7.61. The largest absolute Gasteiger partial charge is 0.237 e. The molecule has 0 spiro atoms. The molecule has 1 heteroatoms. The quantitative estimate of drug-likeness (QED) is 0.579. The summed E-state index contributed by atoms with van der Waals surface area (Å²) in [4.78, 5) is 0. The molecule has 0 aliphatic carbocycles. The zero-order valence-electron chi connectivity index (χ0n) is 7.61. The first kappa shape index (κ1) is 9.96. The Hall–Kier alpha value is -0.0400. The Morgan fingerprint density at radius 2 is 1.80 bits per heavy atom. The van der Waals surface area contributed by atoms with Crippen molar-refractivity contribution in [2.24, 2.45) is 11.3 Å². The van der Waals surface area contributed by atoms with Crippen LogP contribution in [0.1, 0.15) is 40.5 Å². The van der Waals surface area contributed by atoms with Crippen LogP contribution in [0.3, 0.4) is 0 Å². The summed E-state index contributed by atoms with van der Waals surface area (Å²) in [5.74, 6) is 0.595. The van der Waals surface area contributed by atoms with Crippen molar-refractivity contribution in [1.29, 1.82) is 0 Å². The average Bonchev–Trinajstić information content (AvgIpc) is 1.59. The summed E-state index contributed by atoms with van der Waals surface area (Å²) in [5, 5.41) is 10.2. The first-order valence-corrected chi connectivity index (χ1v) is 4.04. The van der Waals surface area contributed by atoms with Gasteiger partial charge < -0.3 is 0 Å². The Balaban J connectivity index is 3.47. The topological polar surface area (TPSA) is 19.9 Å². The maximum Gasteiger partial charge on any atom is 0.0824 e. The highest BCUT2D eigenvalue weighted by Crippen LogP contribution is 2.25. The van der Waals surface area contributed by atoms with E-state index in [0.29, 0.717) is 11.3 Å². The normalized spacial score (nSPS) is 15.3. The van der Waals surface area contributed by atoms with Gasteiger partial charge in [0, 0.05) is 0 Å². The second-order valence-corrected chi connectivity index (χ2v) is 4.36. The third-order valence-electron chi connectivity index (χ3n) is 1.57. The highest BCUT2D eigenvalue weighted by Gasteiger charge is 2.14. The van der Waals surface area contributed by atoms with Gasteiger partial charge in [0.05, 0.1) is 6.61 Å². The molecule has 1 atom stereocenters. The minimum absolute atomic E-state index is 0.0806. The summed E-state index contributed by atoms with van der Waals surface area (Å²) in [7, 11) is 0. The second-order valence-electron chi connectivity index (χ2n) is 4.36. The lowest BCUT2D eigenvalue weighted by molar-refractivity contribution is 0.160. The molecule has 0 fully saturated rings. The highest BCUT2D eigenvalue weighted by molar-refractivity contribution is 4.65. The van der Waals surface area contributed by atoms with E-state index in [0.717, 1.165) is 12.8 Å². The molecule has 1 nitrogen and oxygen atoms in total. The smallest absolute Gasteiger partial charge is 0.0824 e.